The van der Waals surface area contributed by atoms with Crippen LogP contribution in [0.2, 0.25) is 0 Å². The Labute approximate surface area is 581 Å². The number of hydrogen-bond acceptors (Lipinski definition) is 15. The smallest absolute Gasteiger partial charge is 0.462 e. The lowest BCUT2D eigenvalue weighted by molar-refractivity contribution is -0.161. The number of aliphatic hydroxyl groups is 1. The van der Waals surface area contributed by atoms with Crippen molar-refractivity contribution in [3.63, 3.8) is 0 Å². The van der Waals surface area contributed by atoms with Crippen LogP contribution in [0.25, 0.3) is 0 Å². The monoisotopic (exact) mass is 1400 g/mol. The van der Waals surface area contributed by atoms with Gasteiger partial charge in [0.1, 0.15) is 19.3 Å². The van der Waals surface area contributed by atoms with Crippen LogP contribution in [0.15, 0.2) is 0 Å². The minimum atomic E-state index is -4.96. The molecule has 0 saturated heterocycles. The highest BCUT2D eigenvalue weighted by molar-refractivity contribution is 7.47. The molecular formula is C76H148O17P2. The van der Waals surface area contributed by atoms with Crippen LogP contribution in [0.1, 0.15) is 395 Å². The zero-order valence-corrected chi connectivity index (χ0v) is 63.8. The summed E-state index contributed by atoms with van der Waals surface area (Å²) in [5.41, 5.74) is 0. The lowest BCUT2D eigenvalue weighted by Gasteiger charge is -2.21. The molecule has 2 unspecified atom stereocenters. The van der Waals surface area contributed by atoms with E-state index < -0.39 is 97.5 Å². The van der Waals surface area contributed by atoms with Crippen LogP contribution < -0.4 is 0 Å². The van der Waals surface area contributed by atoms with Gasteiger partial charge < -0.3 is 33.8 Å². The molecule has 0 aromatic rings. The van der Waals surface area contributed by atoms with Crippen LogP contribution in [0.3, 0.4) is 0 Å². The molecule has 0 radical (unpaired) electrons. The quantitative estimate of drug-likeness (QED) is 0.0222. The van der Waals surface area contributed by atoms with Crippen molar-refractivity contribution in [2.75, 3.05) is 39.6 Å². The van der Waals surface area contributed by atoms with Gasteiger partial charge in [0.15, 0.2) is 12.2 Å². The first-order chi connectivity index (χ1) is 45.9. The van der Waals surface area contributed by atoms with Gasteiger partial charge in [0.25, 0.3) is 0 Å². The highest BCUT2D eigenvalue weighted by Crippen LogP contribution is 2.45. The lowest BCUT2D eigenvalue weighted by atomic mass is 10.0. The molecule has 564 valence electrons. The number of carbonyl (C=O) groups is 4. The minimum Gasteiger partial charge on any atom is -0.462 e. The summed E-state index contributed by atoms with van der Waals surface area (Å²) in [6, 6.07) is 0. The third-order valence-electron chi connectivity index (χ3n) is 17.7. The Morgan fingerprint density at radius 3 is 0.716 bits per heavy atom. The van der Waals surface area contributed by atoms with E-state index in [9.17, 15) is 43.2 Å². The van der Waals surface area contributed by atoms with E-state index in [0.29, 0.717) is 25.7 Å². The second-order valence-corrected chi connectivity index (χ2v) is 31.3. The molecule has 3 N–H and O–H groups in total. The molecule has 0 rings (SSSR count). The number of ether oxygens (including phenoxy) is 4. The fourth-order valence-corrected chi connectivity index (χ4v) is 13.2. The number of aliphatic hydroxyl groups excluding tert-OH is 1. The summed E-state index contributed by atoms with van der Waals surface area (Å²) in [6.07, 6.45) is 55.6. The van der Waals surface area contributed by atoms with Gasteiger partial charge in [0.2, 0.25) is 0 Å². The third-order valence-corrected chi connectivity index (χ3v) is 19.6. The standard InChI is InChI=1S/C76H148O17P2/c1-7-9-11-13-15-17-18-19-27-30-35-41-47-53-59-74(79)87-65-72(92-75(80)60-54-48-42-36-31-28-25-23-21-20-22-24-26-29-33-38-44-50-56-68(3)4)67-91-95(84,85)89-63-70(77)62-88-94(82,83)90-66-71(64-86-73(78)58-52-46-40-16-14-12-10-8-2)93-76(81)61-55-49-43-37-32-34-39-45-51-57-69(5)6/h68-72,77H,7-67H2,1-6H3,(H,82,83)(H,84,85)/t70-,71+,72+/m0/s1. The summed E-state index contributed by atoms with van der Waals surface area (Å²) in [4.78, 5) is 72.7. The van der Waals surface area contributed by atoms with Crippen LogP contribution in [-0.2, 0) is 65.4 Å². The predicted octanol–water partition coefficient (Wildman–Crippen LogP) is 22.3. The summed E-state index contributed by atoms with van der Waals surface area (Å²) < 4.78 is 68.4. The Bertz CT molecular complexity index is 1840. The second kappa shape index (κ2) is 67.9. The molecule has 19 heteroatoms. The Kier molecular flexibility index (Phi) is 66.5. The minimum absolute atomic E-state index is 0.105. The van der Waals surface area contributed by atoms with Gasteiger partial charge in [-0.25, -0.2) is 9.13 Å². The van der Waals surface area contributed by atoms with Crippen LogP contribution in [0.4, 0.5) is 0 Å². The highest BCUT2D eigenvalue weighted by Gasteiger charge is 2.30. The molecule has 0 saturated carbocycles. The number of unbranched alkanes of at least 4 members (excludes halogenated alkanes) is 45. The van der Waals surface area contributed by atoms with Crippen LogP contribution in [0.5, 0.6) is 0 Å². The number of hydrogen-bond donors (Lipinski definition) is 3. The van der Waals surface area contributed by atoms with Crippen molar-refractivity contribution in [3.05, 3.63) is 0 Å². The molecule has 95 heavy (non-hydrogen) atoms. The van der Waals surface area contributed by atoms with Crippen molar-refractivity contribution in [2.45, 2.75) is 413 Å². The van der Waals surface area contributed by atoms with Gasteiger partial charge in [-0.05, 0) is 37.5 Å². The van der Waals surface area contributed by atoms with E-state index in [4.69, 9.17) is 37.0 Å². The van der Waals surface area contributed by atoms with Crippen molar-refractivity contribution in [3.8, 4) is 0 Å². The molecule has 0 bridgehead atoms. The van der Waals surface area contributed by atoms with Gasteiger partial charge >= 0.3 is 39.5 Å². The first-order valence-corrected chi connectivity index (χ1v) is 42.5. The van der Waals surface area contributed by atoms with E-state index in [-0.39, 0.29) is 25.7 Å². The Morgan fingerprint density at radius 2 is 0.484 bits per heavy atom. The van der Waals surface area contributed by atoms with E-state index in [0.717, 1.165) is 108 Å². The molecule has 0 aliphatic rings. The van der Waals surface area contributed by atoms with Crippen LogP contribution in [-0.4, -0.2) is 96.7 Å². The van der Waals surface area contributed by atoms with E-state index in [2.05, 4.69) is 41.5 Å². The van der Waals surface area contributed by atoms with Gasteiger partial charge in [-0.15, -0.1) is 0 Å². The normalized spacial score (nSPS) is 14.0. The highest BCUT2D eigenvalue weighted by atomic mass is 31.2. The molecule has 17 nitrogen and oxygen atoms in total. The zero-order valence-electron chi connectivity index (χ0n) is 62.0. The van der Waals surface area contributed by atoms with E-state index in [1.165, 1.54) is 205 Å². The van der Waals surface area contributed by atoms with Gasteiger partial charge in [-0.1, -0.05) is 343 Å². The van der Waals surface area contributed by atoms with Crippen molar-refractivity contribution < 1.29 is 80.2 Å². The molecular weight excluding hydrogens is 1250 g/mol. The van der Waals surface area contributed by atoms with Crippen LogP contribution >= 0.6 is 15.6 Å². The maximum absolute atomic E-state index is 13.1. The number of phosphoric acid groups is 2. The fraction of sp³-hybridized carbons (Fsp3) is 0.947. The summed E-state index contributed by atoms with van der Waals surface area (Å²) in [7, 11) is -9.91. The maximum atomic E-state index is 13.1. The number of carbonyl (C=O) groups excluding carboxylic acids is 4. The van der Waals surface area contributed by atoms with Gasteiger partial charge in [0, 0.05) is 25.7 Å². The Hall–Kier alpha value is -1.94. The zero-order chi connectivity index (χ0) is 70.0. The largest absolute Gasteiger partial charge is 0.472 e. The molecule has 5 atom stereocenters. The third kappa shape index (κ3) is 70.3. The van der Waals surface area contributed by atoms with Crippen molar-refractivity contribution in [1.29, 1.82) is 0 Å². The average Bonchev–Trinajstić information content (AvgIpc) is 2.74. The van der Waals surface area contributed by atoms with Gasteiger partial charge in [-0.3, -0.25) is 37.3 Å². The molecule has 0 aliphatic carbocycles. The average molecular weight is 1400 g/mol. The molecule has 0 spiro atoms. The second-order valence-electron chi connectivity index (χ2n) is 28.3. The SMILES string of the molecule is CCCCCCCCCCCCCCCCC(=O)OC[C@H](COP(=O)(O)OC[C@@H](O)COP(=O)(O)OC[C@@H](COC(=O)CCCCCCCCCC)OC(=O)CCCCCCCCCCCC(C)C)OC(=O)CCCCCCCCCCCCCCCCCCCCC(C)C. The van der Waals surface area contributed by atoms with Crippen molar-refractivity contribution in [2.24, 2.45) is 11.8 Å². The number of phosphoric ester groups is 2. The molecule has 0 aliphatic heterocycles. The van der Waals surface area contributed by atoms with E-state index in [1.54, 1.807) is 0 Å². The Balaban J connectivity index is 5.18. The van der Waals surface area contributed by atoms with E-state index >= 15 is 0 Å². The number of rotatable bonds is 75. The maximum Gasteiger partial charge on any atom is 0.472 e. The molecule has 0 aromatic carbocycles. The fourth-order valence-electron chi connectivity index (χ4n) is 11.7. The van der Waals surface area contributed by atoms with Gasteiger partial charge in [0.05, 0.1) is 26.4 Å². The van der Waals surface area contributed by atoms with Crippen molar-refractivity contribution >= 4 is 39.5 Å². The Morgan fingerprint density at radius 1 is 0.284 bits per heavy atom. The summed E-state index contributed by atoms with van der Waals surface area (Å²) in [5.74, 6) is -0.561. The topological polar surface area (TPSA) is 237 Å². The molecule has 0 heterocycles. The predicted molar refractivity (Wildman–Crippen MR) is 386 cm³/mol. The van der Waals surface area contributed by atoms with Crippen LogP contribution in [0, 0.1) is 11.8 Å². The lowest BCUT2D eigenvalue weighted by Crippen LogP contribution is -2.30. The van der Waals surface area contributed by atoms with E-state index in [1.807, 2.05) is 0 Å². The van der Waals surface area contributed by atoms with Gasteiger partial charge in [-0.2, -0.15) is 0 Å². The first-order valence-electron chi connectivity index (χ1n) is 39.5. The summed E-state index contributed by atoms with van der Waals surface area (Å²) in [6.45, 7) is 9.58. The first kappa shape index (κ1) is 93.1. The summed E-state index contributed by atoms with van der Waals surface area (Å²) in [5, 5.41) is 10.6. The molecule has 0 amide bonds. The summed E-state index contributed by atoms with van der Waals surface area (Å²) >= 11 is 0. The molecule has 0 fully saturated rings. The number of esters is 4. The van der Waals surface area contributed by atoms with Crippen molar-refractivity contribution in [1.82, 2.24) is 0 Å². The molecule has 0 aromatic heterocycles.